The fraction of sp³-hybridized carbons (Fsp3) is 0.769. The number of rotatable bonds is 2. The van der Waals surface area contributed by atoms with Crippen LogP contribution in [0.25, 0.3) is 0 Å². The van der Waals surface area contributed by atoms with Crippen molar-refractivity contribution in [1.29, 1.82) is 0 Å². The maximum absolute atomic E-state index is 10.5. The van der Waals surface area contributed by atoms with Crippen LogP contribution in [0.1, 0.15) is 40.5 Å². The van der Waals surface area contributed by atoms with Gasteiger partial charge in [0, 0.05) is 17.2 Å². The van der Waals surface area contributed by atoms with E-state index in [-0.39, 0.29) is 11.1 Å². The summed E-state index contributed by atoms with van der Waals surface area (Å²) in [4.78, 5) is 12.9. The summed E-state index contributed by atoms with van der Waals surface area (Å²) in [6.45, 7) is 8.87. The largest absolute Gasteiger partial charge is 0.478 e. The number of carboxylic acid groups (broad SMARTS) is 1. The Morgan fingerprint density at radius 3 is 2.06 bits per heavy atom. The second-order valence-corrected chi connectivity index (χ2v) is 6.05. The molecule has 1 aliphatic heterocycles. The lowest BCUT2D eigenvalue weighted by Gasteiger charge is -2.53. The minimum Gasteiger partial charge on any atom is -0.478 e. The molecule has 1 saturated heterocycles. The molecule has 1 rings (SSSR count). The summed E-state index contributed by atoms with van der Waals surface area (Å²) in [5, 5.41) is 8.66. The molecule has 92 valence electrons. The Morgan fingerprint density at radius 2 is 1.69 bits per heavy atom. The van der Waals surface area contributed by atoms with Crippen molar-refractivity contribution >= 4 is 5.97 Å². The van der Waals surface area contributed by atoms with Crippen LogP contribution in [-0.2, 0) is 4.79 Å². The summed E-state index contributed by atoms with van der Waals surface area (Å²) in [7, 11) is 2.15. The van der Waals surface area contributed by atoms with Crippen molar-refractivity contribution in [2.24, 2.45) is 5.92 Å². The smallest absolute Gasteiger partial charge is 0.327 e. The average Bonchev–Trinajstić information content (AvgIpc) is 2.10. The van der Waals surface area contributed by atoms with E-state index >= 15 is 0 Å². The van der Waals surface area contributed by atoms with Crippen LogP contribution in [0.5, 0.6) is 0 Å². The lowest BCUT2D eigenvalue weighted by atomic mass is 9.74. The molecule has 0 atom stereocenters. The zero-order valence-electron chi connectivity index (χ0n) is 10.9. The van der Waals surface area contributed by atoms with E-state index in [9.17, 15) is 4.79 Å². The topological polar surface area (TPSA) is 40.5 Å². The molecule has 0 spiro atoms. The number of likely N-dealkylation sites (tertiary alicyclic amines) is 1. The Morgan fingerprint density at radius 1 is 1.25 bits per heavy atom. The Balaban J connectivity index is 2.83. The predicted octanol–water partition coefficient (Wildman–Crippen LogP) is 2.53. The van der Waals surface area contributed by atoms with Crippen LogP contribution in [0, 0.1) is 5.92 Å². The van der Waals surface area contributed by atoms with E-state index in [0.717, 1.165) is 12.8 Å². The van der Waals surface area contributed by atoms with Gasteiger partial charge in [0.1, 0.15) is 0 Å². The van der Waals surface area contributed by atoms with Gasteiger partial charge in [-0.05, 0) is 53.5 Å². The molecular weight excluding hydrogens is 202 g/mol. The summed E-state index contributed by atoms with van der Waals surface area (Å²) < 4.78 is 0. The highest BCUT2D eigenvalue weighted by Gasteiger charge is 2.42. The molecule has 0 radical (unpaired) electrons. The molecule has 0 bridgehead atoms. The first kappa shape index (κ1) is 13.2. The van der Waals surface area contributed by atoms with Gasteiger partial charge in [0.15, 0.2) is 0 Å². The van der Waals surface area contributed by atoms with Gasteiger partial charge in [0.05, 0.1) is 0 Å². The summed E-state index contributed by atoms with van der Waals surface area (Å²) in [6.07, 6.45) is 5.15. The standard InChI is InChI=1S/C13H23NO2/c1-12(2)8-10(6-7-11(15)16)9-13(3,4)14(12)5/h6-7,10H,8-9H2,1-5H3,(H,15,16). The van der Waals surface area contributed by atoms with Gasteiger partial charge in [0.25, 0.3) is 0 Å². The summed E-state index contributed by atoms with van der Waals surface area (Å²) in [6, 6.07) is 0. The maximum atomic E-state index is 10.5. The molecular formula is C13H23NO2. The Bertz CT molecular complexity index is 287. The minimum absolute atomic E-state index is 0.120. The molecule has 0 unspecified atom stereocenters. The molecule has 0 aliphatic carbocycles. The molecule has 1 fully saturated rings. The zero-order valence-corrected chi connectivity index (χ0v) is 10.9. The minimum atomic E-state index is -0.852. The van der Waals surface area contributed by atoms with E-state index in [2.05, 4.69) is 39.6 Å². The van der Waals surface area contributed by atoms with Gasteiger partial charge < -0.3 is 5.11 Å². The number of hydrogen-bond donors (Lipinski definition) is 1. The van der Waals surface area contributed by atoms with Gasteiger partial charge in [-0.25, -0.2) is 4.79 Å². The molecule has 16 heavy (non-hydrogen) atoms. The number of aliphatic carboxylic acids is 1. The molecule has 1 aliphatic rings. The Hall–Kier alpha value is -0.830. The highest BCUT2D eigenvalue weighted by atomic mass is 16.4. The van der Waals surface area contributed by atoms with Gasteiger partial charge in [-0.15, -0.1) is 0 Å². The van der Waals surface area contributed by atoms with Gasteiger partial charge >= 0.3 is 5.97 Å². The number of carbonyl (C=O) groups is 1. The van der Waals surface area contributed by atoms with Crippen molar-refractivity contribution in [2.75, 3.05) is 7.05 Å². The van der Waals surface area contributed by atoms with Crippen molar-refractivity contribution in [3.8, 4) is 0 Å². The van der Waals surface area contributed by atoms with Gasteiger partial charge in [0.2, 0.25) is 0 Å². The van der Waals surface area contributed by atoms with Gasteiger partial charge in [-0.3, -0.25) is 4.90 Å². The summed E-state index contributed by atoms with van der Waals surface area (Å²) in [5.41, 5.74) is 0.241. The van der Waals surface area contributed by atoms with Crippen LogP contribution < -0.4 is 0 Å². The molecule has 0 saturated carbocycles. The number of piperidine rings is 1. The van der Waals surface area contributed by atoms with E-state index in [0.29, 0.717) is 5.92 Å². The molecule has 1 N–H and O–H groups in total. The molecule has 3 nitrogen and oxygen atoms in total. The van der Waals surface area contributed by atoms with Gasteiger partial charge in [-0.1, -0.05) is 6.08 Å². The van der Waals surface area contributed by atoms with Gasteiger partial charge in [-0.2, -0.15) is 0 Å². The fourth-order valence-corrected chi connectivity index (χ4v) is 2.80. The highest BCUT2D eigenvalue weighted by Crippen LogP contribution is 2.40. The summed E-state index contributed by atoms with van der Waals surface area (Å²) >= 11 is 0. The third-order valence-corrected chi connectivity index (χ3v) is 3.85. The number of hydrogen-bond acceptors (Lipinski definition) is 2. The molecule has 0 amide bonds. The van der Waals surface area contributed by atoms with E-state index in [1.54, 1.807) is 0 Å². The van der Waals surface area contributed by atoms with Crippen LogP contribution in [0.15, 0.2) is 12.2 Å². The van der Waals surface area contributed by atoms with E-state index in [1.165, 1.54) is 6.08 Å². The fourth-order valence-electron chi connectivity index (χ4n) is 2.80. The van der Waals surface area contributed by atoms with Crippen molar-refractivity contribution in [1.82, 2.24) is 4.90 Å². The summed E-state index contributed by atoms with van der Waals surface area (Å²) in [5.74, 6) is -0.494. The molecule has 0 aromatic heterocycles. The van der Waals surface area contributed by atoms with Crippen molar-refractivity contribution in [3.05, 3.63) is 12.2 Å². The molecule has 0 aromatic carbocycles. The van der Waals surface area contributed by atoms with Crippen LogP contribution in [-0.4, -0.2) is 34.1 Å². The monoisotopic (exact) mass is 225 g/mol. The first-order valence-electron chi connectivity index (χ1n) is 5.80. The predicted molar refractivity (Wildman–Crippen MR) is 65.4 cm³/mol. The van der Waals surface area contributed by atoms with Crippen LogP contribution in [0.3, 0.4) is 0 Å². The van der Waals surface area contributed by atoms with Crippen LogP contribution in [0.4, 0.5) is 0 Å². The lowest BCUT2D eigenvalue weighted by molar-refractivity contribution is -0.131. The average molecular weight is 225 g/mol. The van der Waals surface area contributed by atoms with E-state index in [1.807, 2.05) is 6.08 Å². The molecule has 1 heterocycles. The lowest BCUT2D eigenvalue weighted by Crippen LogP contribution is -2.58. The second-order valence-electron chi connectivity index (χ2n) is 6.05. The first-order chi connectivity index (χ1) is 7.15. The maximum Gasteiger partial charge on any atom is 0.327 e. The third kappa shape index (κ3) is 2.85. The SMILES string of the molecule is CN1C(C)(C)CC(C=CC(=O)O)CC1(C)C. The second kappa shape index (κ2) is 4.21. The normalized spacial score (nSPS) is 26.1. The van der Waals surface area contributed by atoms with Crippen LogP contribution in [0.2, 0.25) is 0 Å². The number of carboxylic acids is 1. The quantitative estimate of drug-likeness (QED) is 0.734. The van der Waals surface area contributed by atoms with Crippen molar-refractivity contribution in [3.63, 3.8) is 0 Å². The third-order valence-electron chi connectivity index (χ3n) is 3.85. The zero-order chi connectivity index (χ0) is 12.6. The number of allylic oxidation sites excluding steroid dienone is 1. The molecule has 0 aromatic rings. The number of nitrogens with zero attached hydrogens (tertiary/aromatic N) is 1. The van der Waals surface area contributed by atoms with E-state index < -0.39 is 5.97 Å². The highest BCUT2D eigenvalue weighted by molar-refractivity contribution is 5.79. The Kier molecular flexibility index (Phi) is 3.48. The molecule has 3 heteroatoms. The van der Waals surface area contributed by atoms with Crippen LogP contribution >= 0.6 is 0 Å². The van der Waals surface area contributed by atoms with E-state index in [4.69, 9.17) is 5.11 Å². The van der Waals surface area contributed by atoms with Crippen molar-refractivity contribution in [2.45, 2.75) is 51.6 Å². The first-order valence-corrected chi connectivity index (χ1v) is 5.80. The van der Waals surface area contributed by atoms with Crippen molar-refractivity contribution < 1.29 is 9.90 Å². The Labute approximate surface area is 98.1 Å².